The molecule has 2 aliphatic rings. The van der Waals surface area contributed by atoms with Crippen molar-refractivity contribution >= 4 is 28.7 Å². The van der Waals surface area contributed by atoms with Crippen LogP contribution in [0.5, 0.6) is 5.75 Å². The normalized spacial score (nSPS) is 18.4. The highest BCUT2D eigenvalue weighted by Crippen LogP contribution is 2.43. The summed E-state index contributed by atoms with van der Waals surface area (Å²) in [4.78, 5) is 30.4. The highest BCUT2D eigenvalue weighted by molar-refractivity contribution is 5.96. The van der Waals surface area contributed by atoms with Gasteiger partial charge in [-0.15, -0.1) is 0 Å². The molecule has 5 rings (SSSR count). The summed E-state index contributed by atoms with van der Waals surface area (Å²) in [6, 6.07) is 8.84. The van der Waals surface area contributed by atoms with Crippen LogP contribution in [0.25, 0.3) is 22.2 Å². The third-order valence-electron chi connectivity index (χ3n) is 6.93. The molecule has 1 unspecified atom stereocenters. The van der Waals surface area contributed by atoms with Crippen molar-refractivity contribution in [2.24, 2.45) is 4.99 Å². The Hall–Kier alpha value is -4.11. The summed E-state index contributed by atoms with van der Waals surface area (Å²) < 4.78 is 26.5. The zero-order valence-electron chi connectivity index (χ0n) is 21.1. The Kier molecular flexibility index (Phi) is 6.71. The lowest BCUT2D eigenvalue weighted by atomic mass is 9.92. The number of aromatic nitrogens is 2. The van der Waals surface area contributed by atoms with Gasteiger partial charge >= 0.3 is 0 Å². The van der Waals surface area contributed by atoms with E-state index in [2.05, 4.69) is 26.4 Å². The van der Waals surface area contributed by atoms with E-state index in [1.54, 1.807) is 30.3 Å². The van der Waals surface area contributed by atoms with E-state index in [9.17, 15) is 4.79 Å². The molecule has 1 fully saturated rings. The molecule has 0 spiro atoms. The number of fused-ring (bicyclic) bond motifs is 1. The molecule has 1 aromatic heterocycles. The van der Waals surface area contributed by atoms with Crippen LogP contribution >= 0.6 is 0 Å². The highest BCUT2D eigenvalue weighted by atomic mass is 19.1. The van der Waals surface area contributed by atoms with E-state index in [0.29, 0.717) is 46.8 Å². The minimum absolute atomic E-state index is 0.174. The van der Waals surface area contributed by atoms with Crippen LogP contribution in [0.2, 0.25) is 0 Å². The number of ether oxygens (including phenoxy) is 2. The van der Waals surface area contributed by atoms with Gasteiger partial charge in [0.1, 0.15) is 23.8 Å². The molecule has 8 nitrogen and oxygen atoms in total. The molecule has 3 aromatic rings. The molecule has 3 heterocycles. The van der Waals surface area contributed by atoms with Gasteiger partial charge in [0.2, 0.25) is 5.91 Å². The monoisotopic (exact) mass is 501 g/mol. The van der Waals surface area contributed by atoms with Crippen molar-refractivity contribution in [3.05, 3.63) is 72.1 Å². The second kappa shape index (κ2) is 10.1. The largest absolute Gasteiger partial charge is 0.496 e. The van der Waals surface area contributed by atoms with Crippen LogP contribution < -0.4 is 9.64 Å². The smallest absolute Gasteiger partial charge is 0.240 e. The second-order valence-electron chi connectivity index (χ2n) is 8.91. The number of amides is 1. The van der Waals surface area contributed by atoms with Gasteiger partial charge in [-0.25, -0.2) is 14.4 Å². The van der Waals surface area contributed by atoms with Crippen LogP contribution in [0.1, 0.15) is 18.4 Å². The zero-order chi connectivity index (χ0) is 26.1. The number of hydrogen-bond acceptors (Lipinski definition) is 7. The molecule has 0 bridgehead atoms. The van der Waals surface area contributed by atoms with Gasteiger partial charge in [-0.05, 0) is 31.2 Å². The summed E-state index contributed by atoms with van der Waals surface area (Å²) in [5.74, 6) is -1.17. The fourth-order valence-electron chi connectivity index (χ4n) is 4.87. The number of rotatable bonds is 6. The fourth-order valence-corrected chi connectivity index (χ4v) is 4.87. The SMILES string of the molecule is C=CC=NC1=C(C)N(C)C(=O)C1c1cc(-c2ncnc3cc(N4CCOCC4)ccc23)c(F)cc1OC. The molecule has 1 saturated heterocycles. The number of halogens is 1. The first kappa shape index (κ1) is 24.6. The van der Waals surface area contributed by atoms with Crippen molar-refractivity contribution in [2.75, 3.05) is 45.4 Å². The minimum Gasteiger partial charge on any atom is -0.496 e. The number of methoxy groups -OCH3 is 1. The van der Waals surface area contributed by atoms with Gasteiger partial charge in [-0.3, -0.25) is 9.79 Å². The Morgan fingerprint density at radius 1 is 1.22 bits per heavy atom. The number of carbonyl (C=O) groups excluding carboxylic acids is 1. The van der Waals surface area contributed by atoms with E-state index in [-0.39, 0.29) is 17.2 Å². The van der Waals surface area contributed by atoms with E-state index in [4.69, 9.17) is 9.47 Å². The van der Waals surface area contributed by atoms with Crippen molar-refractivity contribution in [1.82, 2.24) is 14.9 Å². The van der Waals surface area contributed by atoms with Crippen molar-refractivity contribution in [3.8, 4) is 17.0 Å². The Balaban J connectivity index is 1.64. The number of allylic oxidation sites excluding steroid dienone is 2. The first-order valence-electron chi connectivity index (χ1n) is 12.0. The van der Waals surface area contributed by atoms with E-state index < -0.39 is 11.7 Å². The van der Waals surface area contributed by atoms with E-state index in [1.165, 1.54) is 19.5 Å². The summed E-state index contributed by atoms with van der Waals surface area (Å²) in [5, 5.41) is 0.709. The van der Waals surface area contributed by atoms with Gasteiger partial charge in [0.05, 0.1) is 37.2 Å². The number of nitrogens with zero attached hydrogens (tertiary/aromatic N) is 5. The molecule has 2 aliphatic heterocycles. The van der Waals surface area contributed by atoms with Crippen LogP contribution in [0, 0.1) is 5.82 Å². The third-order valence-corrected chi connectivity index (χ3v) is 6.93. The van der Waals surface area contributed by atoms with Crippen molar-refractivity contribution in [1.29, 1.82) is 0 Å². The first-order valence-corrected chi connectivity index (χ1v) is 12.0. The summed E-state index contributed by atoms with van der Waals surface area (Å²) in [7, 11) is 3.15. The average Bonchev–Trinajstić information content (AvgIpc) is 3.14. The molecule has 0 saturated carbocycles. The lowest BCUT2D eigenvalue weighted by Crippen LogP contribution is -2.36. The minimum atomic E-state index is -0.753. The number of benzene rings is 2. The summed E-state index contributed by atoms with van der Waals surface area (Å²) >= 11 is 0. The number of hydrogen-bond donors (Lipinski definition) is 0. The molecular formula is C28H28FN5O3. The Morgan fingerprint density at radius 2 is 2.00 bits per heavy atom. The number of aliphatic imine (C=N–C) groups is 1. The van der Waals surface area contributed by atoms with Crippen molar-refractivity contribution in [2.45, 2.75) is 12.8 Å². The molecule has 1 amide bonds. The van der Waals surface area contributed by atoms with Crippen LogP contribution in [0.4, 0.5) is 10.1 Å². The molecular weight excluding hydrogens is 473 g/mol. The number of morpholine rings is 1. The maximum absolute atomic E-state index is 15.5. The Bertz CT molecular complexity index is 1450. The van der Waals surface area contributed by atoms with Crippen molar-refractivity contribution in [3.63, 3.8) is 0 Å². The number of carbonyl (C=O) groups is 1. The van der Waals surface area contributed by atoms with E-state index in [0.717, 1.165) is 18.8 Å². The summed E-state index contributed by atoms with van der Waals surface area (Å²) in [6.45, 7) is 8.45. The van der Waals surface area contributed by atoms with Crippen LogP contribution in [0.3, 0.4) is 0 Å². The van der Waals surface area contributed by atoms with Gasteiger partial charge in [0, 0.05) is 60.3 Å². The first-order chi connectivity index (χ1) is 17.9. The molecule has 1 atom stereocenters. The molecule has 0 aliphatic carbocycles. The highest BCUT2D eigenvalue weighted by Gasteiger charge is 2.39. The zero-order valence-corrected chi connectivity index (χ0v) is 21.1. The topological polar surface area (TPSA) is 80.2 Å². The van der Waals surface area contributed by atoms with Crippen molar-refractivity contribution < 1.29 is 18.7 Å². The molecule has 0 radical (unpaired) electrons. The average molecular weight is 502 g/mol. The molecule has 2 aromatic carbocycles. The molecule has 0 N–H and O–H groups in total. The quantitative estimate of drug-likeness (QED) is 0.468. The van der Waals surface area contributed by atoms with E-state index >= 15 is 4.39 Å². The standard InChI is InChI=1S/C28H28FN5O3/c1-5-8-30-26-17(2)33(3)28(35)25(26)21-14-20(22(29)15-24(21)36-4)27-19-7-6-18(13-23(19)31-16-32-27)34-9-11-37-12-10-34/h5-8,13-16,25H,1,9-12H2,2-4H3. The van der Waals surface area contributed by atoms with Gasteiger partial charge < -0.3 is 19.3 Å². The van der Waals surface area contributed by atoms with Gasteiger partial charge in [0.25, 0.3) is 0 Å². The molecule has 9 heteroatoms. The van der Waals surface area contributed by atoms with E-state index in [1.807, 2.05) is 25.1 Å². The third kappa shape index (κ3) is 4.35. The Morgan fingerprint density at radius 3 is 2.73 bits per heavy atom. The molecule has 190 valence electrons. The summed E-state index contributed by atoms with van der Waals surface area (Å²) in [6.07, 6.45) is 4.52. The van der Waals surface area contributed by atoms with Crippen LogP contribution in [-0.2, 0) is 9.53 Å². The van der Waals surface area contributed by atoms with Crippen LogP contribution in [0.15, 0.2) is 65.7 Å². The van der Waals surface area contributed by atoms with Crippen LogP contribution in [-0.4, -0.2) is 67.5 Å². The number of likely N-dealkylation sites (N-methyl/N-ethyl adjacent to an activating group) is 1. The van der Waals surface area contributed by atoms with Gasteiger partial charge in [-0.2, -0.15) is 0 Å². The predicted octanol–water partition coefficient (Wildman–Crippen LogP) is 4.33. The predicted molar refractivity (Wildman–Crippen MR) is 141 cm³/mol. The summed E-state index contributed by atoms with van der Waals surface area (Å²) in [5.41, 5.74) is 4.22. The fraction of sp³-hybridized carbons (Fsp3) is 0.286. The second-order valence-corrected chi connectivity index (χ2v) is 8.91. The maximum Gasteiger partial charge on any atom is 0.240 e. The van der Waals surface area contributed by atoms with Gasteiger partial charge in [-0.1, -0.05) is 12.7 Å². The Labute approximate surface area is 214 Å². The lowest BCUT2D eigenvalue weighted by Gasteiger charge is -2.29. The number of anilines is 1. The molecule has 37 heavy (non-hydrogen) atoms. The maximum atomic E-state index is 15.5. The lowest BCUT2D eigenvalue weighted by molar-refractivity contribution is -0.127. The van der Waals surface area contributed by atoms with Gasteiger partial charge in [0.15, 0.2) is 0 Å².